The Hall–Kier alpha value is -4.11. The van der Waals surface area contributed by atoms with Gasteiger partial charge in [0.15, 0.2) is 0 Å². The third-order valence-corrected chi connectivity index (χ3v) is 7.25. The highest BCUT2D eigenvalue weighted by atomic mass is 19.1. The molecule has 0 radical (unpaired) electrons. The van der Waals surface area contributed by atoms with Gasteiger partial charge in [-0.1, -0.05) is 13.8 Å². The quantitative estimate of drug-likeness (QED) is 0.248. The van der Waals surface area contributed by atoms with Crippen LogP contribution < -0.4 is 25.4 Å². The molecule has 8 nitrogen and oxygen atoms in total. The number of aryl methyl sites for hydroxylation is 1. The van der Waals surface area contributed by atoms with E-state index in [1.165, 1.54) is 12.1 Å². The van der Waals surface area contributed by atoms with E-state index in [9.17, 15) is 14.0 Å². The number of anilines is 2. The number of urea groups is 1. The van der Waals surface area contributed by atoms with Crippen LogP contribution in [0.1, 0.15) is 55.5 Å². The summed E-state index contributed by atoms with van der Waals surface area (Å²) in [6.07, 6.45) is 3.77. The van der Waals surface area contributed by atoms with E-state index in [-0.39, 0.29) is 29.5 Å². The fourth-order valence-corrected chi connectivity index (χ4v) is 4.65. The molecule has 1 aliphatic heterocycles. The number of hydrogen-bond donors (Lipinski definition) is 3. The molecule has 0 unspecified atom stereocenters. The Morgan fingerprint density at radius 2 is 1.63 bits per heavy atom. The molecule has 1 aliphatic rings. The van der Waals surface area contributed by atoms with Crippen molar-refractivity contribution in [3.8, 4) is 17.2 Å². The van der Waals surface area contributed by atoms with Crippen LogP contribution in [0.15, 0.2) is 60.7 Å². The van der Waals surface area contributed by atoms with Crippen LogP contribution in [0.3, 0.4) is 0 Å². The van der Waals surface area contributed by atoms with Crippen molar-refractivity contribution in [2.75, 3.05) is 30.8 Å². The number of carbonyl (C=O) groups is 2. The molecule has 0 bridgehead atoms. The van der Waals surface area contributed by atoms with Gasteiger partial charge in [0.05, 0.1) is 5.69 Å². The van der Waals surface area contributed by atoms with E-state index < -0.39 is 11.8 Å². The van der Waals surface area contributed by atoms with Crippen LogP contribution in [-0.2, 0) is 0 Å². The number of ether oxygens (including phenoxy) is 2. The van der Waals surface area contributed by atoms with E-state index in [1.807, 2.05) is 32.9 Å². The normalized spacial score (nSPS) is 14.0. The van der Waals surface area contributed by atoms with E-state index in [2.05, 4.69) is 27.9 Å². The smallest absolute Gasteiger partial charge is 0.319 e. The van der Waals surface area contributed by atoms with Crippen LogP contribution >= 0.6 is 0 Å². The van der Waals surface area contributed by atoms with Gasteiger partial charge >= 0.3 is 6.03 Å². The zero-order valence-corrected chi connectivity index (χ0v) is 24.1. The Morgan fingerprint density at radius 1 is 0.951 bits per heavy atom. The number of nitrogens with one attached hydrogen (secondary N) is 3. The lowest BCUT2D eigenvalue weighted by Crippen LogP contribution is -2.37. The van der Waals surface area contributed by atoms with E-state index in [1.54, 1.807) is 36.4 Å². The number of nitrogens with zero attached hydrogens (tertiary/aromatic N) is 1. The minimum absolute atomic E-state index is 0.0338. The predicted octanol–water partition coefficient (Wildman–Crippen LogP) is 6.96. The monoisotopic (exact) mass is 562 g/mol. The second-order valence-corrected chi connectivity index (χ2v) is 10.4. The van der Waals surface area contributed by atoms with Gasteiger partial charge in [-0.15, -0.1) is 0 Å². The molecule has 0 aliphatic carbocycles. The summed E-state index contributed by atoms with van der Waals surface area (Å²) in [6.45, 7) is 7.95. The first-order chi connectivity index (χ1) is 19.7. The van der Waals surface area contributed by atoms with Gasteiger partial charge in [0, 0.05) is 36.4 Å². The summed E-state index contributed by atoms with van der Waals surface area (Å²) < 4.78 is 26.5. The maximum atomic E-state index is 14.6. The van der Waals surface area contributed by atoms with Crippen molar-refractivity contribution in [1.82, 2.24) is 10.2 Å². The zero-order chi connectivity index (χ0) is 29.4. The van der Waals surface area contributed by atoms with E-state index >= 15 is 0 Å². The number of halogens is 1. The summed E-state index contributed by atoms with van der Waals surface area (Å²) in [5.74, 6) is 0.724. The molecule has 3 amide bonds. The van der Waals surface area contributed by atoms with Gasteiger partial charge in [-0.25, -0.2) is 9.18 Å². The van der Waals surface area contributed by atoms with Crippen molar-refractivity contribution in [2.45, 2.75) is 58.6 Å². The molecule has 3 aromatic carbocycles. The van der Waals surface area contributed by atoms with E-state index in [4.69, 9.17) is 9.47 Å². The van der Waals surface area contributed by atoms with E-state index in [0.717, 1.165) is 50.1 Å². The SMILES string of the molecule is CCC(CC)NC(=O)Nc1ccc(Oc2ccc(NC(=O)c3ccc(OC4CCN(C)CC4)c(C)c3)cc2)cc1F. The summed E-state index contributed by atoms with van der Waals surface area (Å²) in [5.41, 5.74) is 2.12. The topological polar surface area (TPSA) is 91.9 Å². The summed E-state index contributed by atoms with van der Waals surface area (Å²) in [6, 6.07) is 16.1. The van der Waals surface area contributed by atoms with E-state index in [0.29, 0.717) is 17.0 Å². The third kappa shape index (κ3) is 8.44. The van der Waals surface area contributed by atoms with Gasteiger partial charge in [0.2, 0.25) is 0 Å². The number of piperidine rings is 1. The van der Waals surface area contributed by atoms with Gasteiger partial charge in [0.25, 0.3) is 5.91 Å². The molecule has 0 atom stereocenters. The van der Waals surface area contributed by atoms with Crippen molar-refractivity contribution in [2.24, 2.45) is 0 Å². The van der Waals surface area contributed by atoms with Gasteiger partial charge in [-0.2, -0.15) is 0 Å². The summed E-state index contributed by atoms with van der Waals surface area (Å²) in [4.78, 5) is 27.3. The fraction of sp³-hybridized carbons (Fsp3) is 0.375. The summed E-state index contributed by atoms with van der Waals surface area (Å²) in [7, 11) is 2.12. The first-order valence-corrected chi connectivity index (χ1v) is 14.2. The molecule has 218 valence electrons. The number of carbonyl (C=O) groups excluding carboxylic acids is 2. The van der Waals surface area contributed by atoms with Crippen molar-refractivity contribution < 1.29 is 23.5 Å². The molecule has 41 heavy (non-hydrogen) atoms. The fourth-order valence-electron chi connectivity index (χ4n) is 4.65. The maximum absolute atomic E-state index is 14.6. The van der Waals surface area contributed by atoms with Crippen LogP contribution in [0, 0.1) is 12.7 Å². The van der Waals surface area contributed by atoms with Crippen molar-refractivity contribution in [1.29, 1.82) is 0 Å². The summed E-state index contributed by atoms with van der Waals surface area (Å²) in [5, 5.41) is 8.24. The highest BCUT2D eigenvalue weighted by Crippen LogP contribution is 2.28. The van der Waals surface area contributed by atoms with Crippen LogP contribution in [0.5, 0.6) is 17.2 Å². The van der Waals surface area contributed by atoms with Crippen LogP contribution in [0.2, 0.25) is 0 Å². The Morgan fingerprint density at radius 3 is 2.27 bits per heavy atom. The molecule has 3 aromatic rings. The number of hydrogen-bond acceptors (Lipinski definition) is 5. The number of rotatable bonds is 10. The Kier molecular flexibility index (Phi) is 10.2. The van der Waals surface area contributed by atoms with Crippen LogP contribution in [0.25, 0.3) is 0 Å². The zero-order valence-electron chi connectivity index (χ0n) is 24.1. The molecule has 9 heteroatoms. The van der Waals surface area contributed by atoms with Crippen LogP contribution in [0.4, 0.5) is 20.6 Å². The van der Waals surface area contributed by atoms with Gasteiger partial charge in [-0.05, 0) is 99.8 Å². The standard InChI is InChI=1S/C32H39FN4O4/c1-5-23(6-2)35-32(39)36-29-13-12-27(20-28(29)33)40-25-10-8-24(9-11-25)34-31(38)22-7-14-30(21(3)19-22)41-26-15-17-37(4)18-16-26/h7-14,19-20,23,26H,5-6,15-18H2,1-4H3,(H,34,38)(H2,35,36,39). The van der Waals surface area contributed by atoms with Crippen molar-refractivity contribution in [3.63, 3.8) is 0 Å². The van der Waals surface area contributed by atoms with Gasteiger partial charge in [0.1, 0.15) is 29.2 Å². The molecule has 3 N–H and O–H groups in total. The maximum Gasteiger partial charge on any atom is 0.319 e. The molecule has 0 saturated carbocycles. The number of amides is 3. The lowest BCUT2D eigenvalue weighted by molar-refractivity contribution is 0.102. The minimum atomic E-state index is -0.607. The lowest BCUT2D eigenvalue weighted by Gasteiger charge is -2.29. The van der Waals surface area contributed by atoms with Crippen molar-refractivity contribution in [3.05, 3.63) is 77.6 Å². The molecular weight excluding hydrogens is 523 g/mol. The third-order valence-electron chi connectivity index (χ3n) is 7.25. The predicted molar refractivity (Wildman–Crippen MR) is 160 cm³/mol. The molecule has 1 saturated heterocycles. The first-order valence-electron chi connectivity index (χ1n) is 14.2. The molecule has 0 spiro atoms. The molecule has 1 heterocycles. The molecule has 0 aromatic heterocycles. The highest BCUT2D eigenvalue weighted by molar-refractivity contribution is 6.04. The Balaban J connectivity index is 1.30. The average molecular weight is 563 g/mol. The van der Waals surface area contributed by atoms with Gasteiger partial charge in [-0.3, -0.25) is 4.79 Å². The second-order valence-electron chi connectivity index (χ2n) is 10.4. The largest absolute Gasteiger partial charge is 0.490 e. The molecule has 1 fully saturated rings. The van der Waals surface area contributed by atoms with Gasteiger partial charge < -0.3 is 30.3 Å². The average Bonchev–Trinajstić information content (AvgIpc) is 2.96. The lowest BCUT2D eigenvalue weighted by atomic mass is 10.1. The summed E-state index contributed by atoms with van der Waals surface area (Å²) >= 11 is 0. The first kappa shape index (κ1) is 29.9. The molecule has 4 rings (SSSR count). The Labute approximate surface area is 241 Å². The van der Waals surface area contributed by atoms with Crippen molar-refractivity contribution >= 4 is 23.3 Å². The van der Waals surface area contributed by atoms with Crippen LogP contribution in [-0.4, -0.2) is 49.1 Å². The highest BCUT2D eigenvalue weighted by Gasteiger charge is 2.19. The number of benzene rings is 3. The Bertz CT molecular complexity index is 1340. The molecular formula is C32H39FN4O4. The second kappa shape index (κ2) is 14.0. The minimum Gasteiger partial charge on any atom is -0.490 e. The number of likely N-dealkylation sites (tertiary alicyclic amines) is 1.